The minimum absolute atomic E-state index is 0.00301. The SMILES string of the molecule is C=CCOc1ccc(C2C(C#N)=C(N)Oc3cc(OC(=O)c4cccc(OC)c4)ccc32)cc1. The number of carbonyl (C=O) groups is 1. The Kier molecular flexibility index (Phi) is 6.51. The average Bonchev–Trinajstić information content (AvgIpc) is 2.87. The molecule has 4 rings (SSSR count). The van der Waals surface area contributed by atoms with Gasteiger partial charge in [0.25, 0.3) is 0 Å². The number of methoxy groups -OCH3 is 1. The molecular weight excluding hydrogens is 432 g/mol. The van der Waals surface area contributed by atoms with Crippen LogP contribution in [-0.4, -0.2) is 19.7 Å². The fourth-order valence-electron chi connectivity index (χ4n) is 3.67. The molecule has 1 aliphatic heterocycles. The van der Waals surface area contributed by atoms with E-state index in [2.05, 4.69) is 12.6 Å². The van der Waals surface area contributed by atoms with Crippen LogP contribution < -0.4 is 24.7 Å². The van der Waals surface area contributed by atoms with Crippen molar-refractivity contribution >= 4 is 5.97 Å². The fourth-order valence-corrected chi connectivity index (χ4v) is 3.67. The number of nitrogens with zero attached hydrogens (tertiary/aromatic N) is 1. The van der Waals surface area contributed by atoms with Crippen LogP contribution in [0.1, 0.15) is 27.4 Å². The topological polar surface area (TPSA) is 104 Å². The monoisotopic (exact) mass is 454 g/mol. The number of rotatable bonds is 7. The lowest BCUT2D eigenvalue weighted by Gasteiger charge is -2.26. The number of nitriles is 1. The number of nitrogens with two attached hydrogens (primary N) is 1. The smallest absolute Gasteiger partial charge is 0.343 e. The zero-order valence-electron chi connectivity index (χ0n) is 18.5. The average molecular weight is 454 g/mol. The summed E-state index contributed by atoms with van der Waals surface area (Å²) in [7, 11) is 1.52. The van der Waals surface area contributed by atoms with Crippen molar-refractivity contribution in [3.8, 4) is 29.1 Å². The molecule has 0 saturated heterocycles. The third-order valence-electron chi connectivity index (χ3n) is 5.29. The number of esters is 1. The highest BCUT2D eigenvalue weighted by molar-refractivity contribution is 5.91. The Balaban J connectivity index is 1.63. The Morgan fingerprint density at radius 2 is 1.88 bits per heavy atom. The summed E-state index contributed by atoms with van der Waals surface area (Å²) in [6.45, 7) is 4.03. The lowest BCUT2D eigenvalue weighted by atomic mass is 9.83. The number of allylic oxidation sites excluding steroid dienone is 1. The molecule has 0 aromatic heterocycles. The first-order valence-corrected chi connectivity index (χ1v) is 10.5. The van der Waals surface area contributed by atoms with Crippen LogP contribution >= 0.6 is 0 Å². The zero-order valence-corrected chi connectivity index (χ0v) is 18.5. The molecule has 170 valence electrons. The zero-order chi connectivity index (χ0) is 24.1. The van der Waals surface area contributed by atoms with E-state index in [9.17, 15) is 10.1 Å². The Hall–Kier alpha value is -4.70. The first-order chi connectivity index (χ1) is 16.5. The van der Waals surface area contributed by atoms with Gasteiger partial charge < -0.3 is 24.7 Å². The van der Waals surface area contributed by atoms with E-state index in [0.717, 1.165) is 11.1 Å². The highest BCUT2D eigenvalue weighted by Crippen LogP contribution is 2.43. The van der Waals surface area contributed by atoms with Crippen molar-refractivity contribution in [3.63, 3.8) is 0 Å². The molecule has 0 bridgehead atoms. The second-order valence-corrected chi connectivity index (χ2v) is 7.41. The normalized spacial score (nSPS) is 14.3. The van der Waals surface area contributed by atoms with E-state index in [0.29, 0.717) is 35.0 Å². The second-order valence-electron chi connectivity index (χ2n) is 7.41. The molecule has 0 aliphatic carbocycles. The van der Waals surface area contributed by atoms with Gasteiger partial charge in [-0.1, -0.05) is 36.9 Å². The molecule has 0 fully saturated rings. The lowest BCUT2D eigenvalue weighted by molar-refractivity contribution is 0.0734. The van der Waals surface area contributed by atoms with E-state index in [1.54, 1.807) is 48.5 Å². The molecule has 1 unspecified atom stereocenters. The van der Waals surface area contributed by atoms with Gasteiger partial charge in [-0.3, -0.25) is 0 Å². The Morgan fingerprint density at radius 1 is 1.12 bits per heavy atom. The van der Waals surface area contributed by atoms with Crippen molar-refractivity contribution < 1.29 is 23.7 Å². The van der Waals surface area contributed by atoms with Crippen molar-refractivity contribution in [1.82, 2.24) is 0 Å². The van der Waals surface area contributed by atoms with Crippen molar-refractivity contribution in [2.45, 2.75) is 5.92 Å². The highest BCUT2D eigenvalue weighted by atomic mass is 16.5. The molecule has 0 radical (unpaired) electrons. The third-order valence-corrected chi connectivity index (χ3v) is 5.29. The number of benzene rings is 3. The van der Waals surface area contributed by atoms with Gasteiger partial charge in [-0.2, -0.15) is 5.26 Å². The predicted octanol–water partition coefficient (Wildman–Crippen LogP) is 4.70. The van der Waals surface area contributed by atoms with Crippen molar-refractivity contribution in [2.24, 2.45) is 5.73 Å². The van der Waals surface area contributed by atoms with Gasteiger partial charge in [0.2, 0.25) is 5.88 Å². The highest BCUT2D eigenvalue weighted by Gasteiger charge is 2.31. The van der Waals surface area contributed by atoms with Crippen molar-refractivity contribution in [1.29, 1.82) is 5.26 Å². The minimum atomic E-state index is -0.539. The summed E-state index contributed by atoms with van der Waals surface area (Å²) in [4.78, 5) is 12.6. The van der Waals surface area contributed by atoms with Gasteiger partial charge in [0.05, 0.1) is 18.6 Å². The summed E-state index contributed by atoms with van der Waals surface area (Å²) in [5, 5.41) is 9.75. The summed E-state index contributed by atoms with van der Waals surface area (Å²) in [5.41, 5.74) is 8.30. The standard InChI is InChI=1S/C27H22N2O5/c1-3-13-32-19-9-7-17(8-10-19)25-22-12-11-21(15-24(22)34-26(29)23(25)16-28)33-27(30)18-5-4-6-20(14-18)31-2/h3-12,14-15,25H,1,13,29H2,2H3. The van der Waals surface area contributed by atoms with Crippen LogP contribution in [-0.2, 0) is 0 Å². The molecule has 0 spiro atoms. The number of carbonyl (C=O) groups excluding carboxylic acids is 1. The first-order valence-electron chi connectivity index (χ1n) is 10.5. The van der Waals surface area contributed by atoms with Crippen LogP contribution in [0.3, 0.4) is 0 Å². The van der Waals surface area contributed by atoms with Crippen LogP contribution in [0.25, 0.3) is 0 Å². The summed E-state index contributed by atoms with van der Waals surface area (Å²) in [5.74, 6) is 0.951. The molecule has 3 aromatic rings. The first kappa shape index (κ1) is 22.5. The van der Waals surface area contributed by atoms with Crippen LogP contribution in [0.4, 0.5) is 0 Å². The molecule has 1 aliphatic rings. The summed E-state index contributed by atoms with van der Waals surface area (Å²) >= 11 is 0. The quantitative estimate of drug-likeness (QED) is 0.314. The van der Waals surface area contributed by atoms with Crippen molar-refractivity contribution in [3.05, 3.63) is 108 Å². The van der Waals surface area contributed by atoms with Gasteiger partial charge in [0, 0.05) is 11.6 Å². The summed E-state index contributed by atoms with van der Waals surface area (Å²) in [6.07, 6.45) is 1.67. The molecule has 0 saturated carbocycles. The molecular formula is C27H22N2O5. The molecule has 3 aromatic carbocycles. The van der Waals surface area contributed by atoms with Gasteiger partial charge in [0.15, 0.2) is 0 Å². The number of hydrogen-bond acceptors (Lipinski definition) is 7. The molecule has 34 heavy (non-hydrogen) atoms. The van der Waals surface area contributed by atoms with Crippen LogP contribution in [0, 0.1) is 11.3 Å². The summed E-state index contributed by atoms with van der Waals surface area (Å²) < 4.78 is 21.9. The molecule has 1 atom stereocenters. The molecule has 0 amide bonds. The third kappa shape index (κ3) is 4.57. The number of ether oxygens (including phenoxy) is 4. The molecule has 7 nitrogen and oxygen atoms in total. The van der Waals surface area contributed by atoms with Gasteiger partial charge in [-0.05, 0) is 42.0 Å². The Morgan fingerprint density at radius 3 is 2.59 bits per heavy atom. The van der Waals surface area contributed by atoms with Gasteiger partial charge in [-0.15, -0.1) is 0 Å². The maximum absolute atomic E-state index is 12.6. The maximum Gasteiger partial charge on any atom is 0.343 e. The molecule has 1 heterocycles. The molecule has 7 heteroatoms. The Bertz CT molecular complexity index is 1310. The van der Waals surface area contributed by atoms with E-state index >= 15 is 0 Å². The van der Waals surface area contributed by atoms with Gasteiger partial charge in [0.1, 0.15) is 41.2 Å². The maximum atomic E-state index is 12.6. The van der Waals surface area contributed by atoms with E-state index < -0.39 is 11.9 Å². The second kappa shape index (κ2) is 9.84. The van der Waals surface area contributed by atoms with Crippen LogP contribution in [0.5, 0.6) is 23.0 Å². The summed E-state index contributed by atoms with van der Waals surface area (Å²) in [6, 6.07) is 21.2. The number of hydrogen-bond donors (Lipinski definition) is 1. The predicted molar refractivity (Wildman–Crippen MR) is 126 cm³/mol. The fraction of sp³-hybridized carbons (Fsp3) is 0.111. The van der Waals surface area contributed by atoms with E-state index in [-0.39, 0.29) is 11.6 Å². The lowest BCUT2D eigenvalue weighted by Crippen LogP contribution is -2.21. The van der Waals surface area contributed by atoms with Gasteiger partial charge >= 0.3 is 5.97 Å². The van der Waals surface area contributed by atoms with Gasteiger partial charge in [-0.25, -0.2) is 4.79 Å². The van der Waals surface area contributed by atoms with Crippen LogP contribution in [0.2, 0.25) is 0 Å². The van der Waals surface area contributed by atoms with Crippen LogP contribution in [0.15, 0.2) is 90.8 Å². The minimum Gasteiger partial charge on any atom is -0.497 e. The number of fused-ring (bicyclic) bond motifs is 1. The van der Waals surface area contributed by atoms with Crippen molar-refractivity contribution in [2.75, 3.05) is 13.7 Å². The Labute approximate surface area is 197 Å². The molecule has 2 N–H and O–H groups in total. The van der Waals surface area contributed by atoms with E-state index in [4.69, 9.17) is 24.7 Å². The largest absolute Gasteiger partial charge is 0.497 e. The van der Waals surface area contributed by atoms with E-state index in [1.165, 1.54) is 7.11 Å². The van der Waals surface area contributed by atoms with E-state index in [1.807, 2.05) is 24.3 Å².